The second-order valence-corrected chi connectivity index (χ2v) is 8.43. The Kier molecular flexibility index (Phi) is 6.43. The van der Waals surface area contributed by atoms with Crippen LogP contribution in [-0.4, -0.2) is 71.4 Å². The molecule has 3 rings (SSSR count). The van der Waals surface area contributed by atoms with Gasteiger partial charge in [-0.1, -0.05) is 18.7 Å². The molecular formula is C16H23N3O4S2. The first-order valence-corrected chi connectivity index (χ1v) is 10.2. The van der Waals surface area contributed by atoms with Crippen molar-refractivity contribution < 1.29 is 14.3 Å². The van der Waals surface area contributed by atoms with Gasteiger partial charge in [-0.05, 0) is 0 Å². The topological polar surface area (TPSA) is 73.7 Å². The molecule has 0 bridgehead atoms. The van der Waals surface area contributed by atoms with Crippen LogP contribution < -0.4 is 5.56 Å². The van der Waals surface area contributed by atoms with E-state index >= 15 is 0 Å². The zero-order valence-electron chi connectivity index (χ0n) is 14.5. The fourth-order valence-corrected chi connectivity index (χ4v) is 4.91. The number of morpholine rings is 1. The second kappa shape index (κ2) is 8.57. The number of hydrogen-bond donors (Lipinski definition) is 0. The fraction of sp³-hybridized carbons (Fsp3) is 0.688. The lowest BCUT2D eigenvalue weighted by Gasteiger charge is -2.26. The van der Waals surface area contributed by atoms with Gasteiger partial charge in [-0.3, -0.25) is 14.2 Å². The van der Waals surface area contributed by atoms with Crippen LogP contribution in [0, 0.1) is 0 Å². The Balaban J connectivity index is 1.77. The van der Waals surface area contributed by atoms with E-state index in [1.165, 1.54) is 11.8 Å². The van der Waals surface area contributed by atoms with Gasteiger partial charge in [-0.2, -0.15) is 0 Å². The first kappa shape index (κ1) is 18.8. The van der Waals surface area contributed by atoms with E-state index in [9.17, 15) is 9.59 Å². The Morgan fingerprint density at radius 1 is 1.44 bits per heavy atom. The summed E-state index contributed by atoms with van der Waals surface area (Å²) in [5.41, 5.74) is 0.843. The molecular weight excluding hydrogens is 362 g/mol. The zero-order valence-corrected chi connectivity index (χ0v) is 16.2. The number of rotatable bonds is 6. The molecule has 1 fully saturated rings. The molecule has 1 saturated heterocycles. The van der Waals surface area contributed by atoms with Gasteiger partial charge in [0.25, 0.3) is 5.56 Å². The average molecular weight is 386 g/mol. The Morgan fingerprint density at radius 2 is 2.20 bits per heavy atom. The molecule has 2 aliphatic rings. The molecule has 9 heteroatoms. The van der Waals surface area contributed by atoms with Crippen LogP contribution in [-0.2, 0) is 27.2 Å². The van der Waals surface area contributed by atoms with Gasteiger partial charge in [0.15, 0.2) is 5.16 Å². The highest BCUT2D eigenvalue weighted by Gasteiger charge is 2.27. The fourth-order valence-electron chi connectivity index (χ4n) is 2.85. The minimum atomic E-state index is -0.0160. The molecule has 3 heterocycles. The van der Waals surface area contributed by atoms with E-state index in [0.29, 0.717) is 49.9 Å². The molecule has 138 valence electrons. The third-order valence-corrected chi connectivity index (χ3v) is 6.35. The largest absolute Gasteiger partial charge is 0.383 e. The van der Waals surface area contributed by atoms with Crippen molar-refractivity contribution in [3.63, 3.8) is 0 Å². The summed E-state index contributed by atoms with van der Waals surface area (Å²) in [6.07, 6.45) is 0.797. The minimum Gasteiger partial charge on any atom is -0.383 e. The van der Waals surface area contributed by atoms with Crippen LogP contribution in [0.15, 0.2) is 14.8 Å². The van der Waals surface area contributed by atoms with Crippen LogP contribution in [0.2, 0.25) is 0 Å². The number of carbonyl (C=O) groups is 1. The summed E-state index contributed by atoms with van der Waals surface area (Å²) in [4.78, 5) is 32.4. The first-order chi connectivity index (χ1) is 12.1. The molecule has 0 spiro atoms. The SMILES string of the molecule is COCCn1c(SCC(=O)N2CCOCC2)nc2c(c1=O)S[C@H](C)C2. The van der Waals surface area contributed by atoms with E-state index in [1.54, 1.807) is 28.3 Å². The van der Waals surface area contributed by atoms with E-state index in [4.69, 9.17) is 9.47 Å². The average Bonchev–Trinajstić information content (AvgIpc) is 3.00. The maximum atomic E-state index is 12.8. The highest BCUT2D eigenvalue weighted by atomic mass is 32.2. The molecule has 0 N–H and O–H groups in total. The number of amides is 1. The lowest BCUT2D eigenvalue weighted by molar-refractivity contribution is -0.132. The van der Waals surface area contributed by atoms with E-state index in [0.717, 1.165) is 17.0 Å². The van der Waals surface area contributed by atoms with Crippen molar-refractivity contribution in [3.8, 4) is 0 Å². The maximum absolute atomic E-state index is 12.8. The third kappa shape index (κ3) is 4.39. The number of ether oxygens (including phenoxy) is 2. The minimum absolute atomic E-state index is 0.0160. The molecule has 7 nitrogen and oxygen atoms in total. The highest BCUT2D eigenvalue weighted by Crippen LogP contribution is 2.34. The van der Waals surface area contributed by atoms with Crippen LogP contribution in [0.5, 0.6) is 0 Å². The molecule has 0 unspecified atom stereocenters. The number of aromatic nitrogens is 2. The normalized spacial score (nSPS) is 19.9. The third-order valence-electron chi connectivity index (χ3n) is 4.17. The van der Waals surface area contributed by atoms with E-state index < -0.39 is 0 Å². The highest BCUT2D eigenvalue weighted by molar-refractivity contribution is 8.00. The van der Waals surface area contributed by atoms with E-state index in [2.05, 4.69) is 11.9 Å². The summed E-state index contributed by atoms with van der Waals surface area (Å²) in [6.45, 7) is 5.40. The van der Waals surface area contributed by atoms with Crippen molar-refractivity contribution in [1.29, 1.82) is 0 Å². The summed E-state index contributed by atoms with van der Waals surface area (Å²) in [7, 11) is 1.61. The Bertz CT molecular complexity index is 689. The van der Waals surface area contributed by atoms with Crippen molar-refractivity contribution in [3.05, 3.63) is 16.0 Å². The molecule has 0 saturated carbocycles. The lowest BCUT2D eigenvalue weighted by atomic mass is 10.2. The van der Waals surface area contributed by atoms with Crippen LogP contribution in [0.3, 0.4) is 0 Å². The van der Waals surface area contributed by atoms with Crippen molar-refractivity contribution in [2.75, 3.05) is 45.8 Å². The molecule has 0 aromatic carbocycles. The van der Waals surface area contributed by atoms with Crippen molar-refractivity contribution in [2.45, 2.75) is 35.2 Å². The van der Waals surface area contributed by atoms with Crippen LogP contribution in [0.1, 0.15) is 12.6 Å². The van der Waals surface area contributed by atoms with Gasteiger partial charge < -0.3 is 14.4 Å². The molecule has 1 aromatic heterocycles. The number of carbonyl (C=O) groups excluding carboxylic acids is 1. The number of thioether (sulfide) groups is 2. The molecule has 1 atom stereocenters. The molecule has 0 radical (unpaired) electrons. The summed E-state index contributed by atoms with van der Waals surface area (Å²) < 4.78 is 12.0. The van der Waals surface area contributed by atoms with E-state index in [1.807, 2.05) is 0 Å². The summed E-state index contributed by atoms with van der Waals surface area (Å²) in [5, 5.41) is 0.971. The smallest absolute Gasteiger partial charge is 0.268 e. The molecule has 2 aliphatic heterocycles. The van der Waals surface area contributed by atoms with Gasteiger partial charge in [0.05, 0.1) is 42.7 Å². The predicted molar refractivity (Wildman–Crippen MR) is 97.5 cm³/mol. The van der Waals surface area contributed by atoms with Crippen molar-refractivity contribution in [2.24, 2.45) is 0 Å². The predicted octanol–water partition coefficient (Wildman–Crippen LogP) is 0.877. The molecule has 25 heavy (non-hydrogen) atoms. The number of methoxy groups -OCH3 is 1. The van der Waals surface area contributed by atoms with Crippen LogP contribution in [0.25, 0.3) is 0 Å². The van der Waals surface area contributed by atoms with Gasteiger partial charge >= 0.3 is 0 Å². The Labute approximate surface area is 155 Å². The van der Waals surface area contributed by atoms with Gasteiger partial charge in [0.2, 0.25) is 5.91 Å². The van der Waals surface area contributed by atoms with Crippen LogP contribution >= 0.6 is 23.5 Å². The Morgan fingerprint density at radius 3 is 2.92 bits per heavy atom. The summed E-state index contributed by atoms with van der Waals surface area (Å²) in [6, 6.07) is 0. The quantitative estimate of drug-likeness (QED) is 0.531. The second-order valence-electron chi connectivity index (χ2n) is 6.03. The van der Waals surface area contributed by atoms with Gasteiger partial charge in [0, 0.05) is 31.9 Å². The first-order valence-electron chi connectivity index (χ1n) is 8.37. The standard InChI is InChI=1S/C16H23N3O4S2/c1-11-9-12-14(25-11)15(21)19(5-6-22-2)16(17-12)24-10-13(20)18-3-7-23-8-4-18/h11H,3-10H2,1-2H3/t11-/m1/s1. The number of fused-ring (bicyclic) bond motifs is 1. The lowest BCUT2D eigenvalue weighted by Crippen LogP contribution is -2.41. The summed E-state index contributed by atoms with van der Waals surface area (Å²) in [5.74, 6) is 0.338. The van der Waals surface area contributed by atoms with Gasteiger partial charge in [-0.15, -0.1) is 11.8 Å². The molecule has 1 amide bonds. The number of hydrogen-bond acceptors (Lipinski definition) is 7. The summed E-state index contributed by atoms with van der Waals surface area (Å²) >= 11 is 2.92. The Hall–Kier alpha value is -1.03. The van der Waals surface area contributed by atoms with Gasteiger partial charge in [-0.25, -0.2) is 4.98 Å². The van der Waals surface area contributed by atoms with Crippen LogP contribution in [0.4, 0.5) is 0 Å². The monoisotopic (exact) mass is 385 g/mol. The van der Waals surface area contributed by atoms with Crippen molar-refractivity contribution >= 4 is 29.4 Å². The van der Waals surface area contributed by atoms with Crippen molar-refractivity contribution in [1.82, 2.24) is 14.5 Å². The van der Waals surface area contributed by atoms with Gasteiger partial charge in [0.1, 0.15) is 0 Å². The van der Waals surface area contributed by atoms with E-state index in [-0.39, 0.29) is 17.2 Å². The molecule has 0 aliphatic carbocycles. The zero-order chi connectivity index (χ0) is 17.8. The maximum Gasteiger partial charge on any atom is 0.268 e. The molecule has 1 aromatic rings. The number of nitrogens with zero attached hydrogens (tertiary/aromatic N) is 3.